The molecular weight excluding hydrogens is 498 g/mol. The highest BCUT2D eigenvalue weighted by Gasteiger charge is 2.36. The minimum atomic E-state index is -4.43. The zero-order chi connectivity index (χ0) is 26.7. The van der Waals surface area contributed by atoms with Crippen molar-refractivity contribution in [3.8, 4) is 11.5 Å². The Hall–Kier alpha value is -4.31. The second-order valence-corrected chi connectivity index (χ2v) is 9.65. The Bertz CT molecular complexity index is 1550. The van der Waals surface area contributed by atoms with Crippen LogP contribution in [0.1, 0.15) is 33.4 Å². The summed E-state index contributed by atoms with van der Waals surface area (Å²) in [6, 6.07) is 16.6. The Labute approximate surface area is 214 Å². The van der Waals surface area contributed by atoms with E-state index in [4.69, 9.17) is 18.6 Å². The molecule has 192 valence electrons. The normalized spacial score (nSPS) is 11.2. The summed E-state index contributed by atoms with van der Waals surface area (Å²) >= 11 is 0. The van der Waals surface area contributed by atoms with Crippen molar-refractivity contribution in [3.63, 3.8) is 0 Å². The van der Waals surface area contributed by atoms with Gasteiger partial charge in [0.1, 0.15) is 34.0 Å². The van der Waals surface area contributed by atoms with Crippen molar-refractivity contribution in [1.29, 1.82) is 0 Å². The molecule has 9 nitrogen and oxygen atoms in total. The molecule has 4 aromatic rings. The average molecular weight is 524 g/mol. The molecule has 0 aliphatic heterocycles. The summed E-state index contributed by atoms with van der Waals surface area (Å²) in [6.45, 7) is 3.43. The van der Waals surface area contributed by atoms with E-state index in [9.17, 15) is 18.0 Å². The number of nitrogens with zero attached hydrogens (tertiary/aromatic N) is 1. The highest BCUT2D eigenvalue weighted by atomic mass is 32.2. The van der Waals surface area contributed by atoms with Gasteiger partial charge in [-0.25, -0.2) is 13.2 Å². The van der Waals surface area contributed by atoms with Gasteiger partial charge in [0, 0.05) is 5.39 Å². The molecule has 1 aromatic heterocycles. The Balaban J connectivity index is 2.00. The van der Waals surface area contributed by atoms with Crippen molar-refractivity contribution in [1.82, 2.24) is 0 Å². The Kier molecular flexibility index (Phi) is 7.21. The summed E-state index contributed by atoms with van der Waals surface area (Å²) in [5.74, 6) is -0.961. The monoisotopic (exact) mass is 523 g/mol. The Morgan fingerprint density at radius 1 is 0.892 bits per heavy atom. The number of anilines is 1. The van der Waals surface area contributed by atoms with Gasteiger partial charge in [-0.2, -0.15) is 4.31 Å². The number of hydrogen-bond acceptors (Lipinski definition) is 8. The number of benzene rings is 3. The van der Waals surface area contributed by atoms with Crippen LogP contribution in [0.5, 0.6) is 11.5 Å². The summed E-state index contributed by atoms with van der Waals surface area (Å²) in [5, 5.41) is 0.307. The molecule has 1 heterocycles. The van der Waals surface area contributed by atoms with Crippen LogP contribution in [-0.2, 0) is 14.8 Å². The Morgan fingerprint density at radius 2 is 1.54 bits per heavy atom. The zero-order valence-electron chi connectivity index (χ0n) is 20.7. The SMILES string of the molecule is CCOC(=O)c1c(C)oc2ccc(N(C(=O)c3c(OC)cccc3OC)S(=O)(=O)c3ccccc3)cc12. The average Bonchev–Trinajstić information content (AvgIpc) is 3.23. The van der Waals surface area contributed by atoms with E-state index in [0.29, 0.717) is 21.0 Å². The number of furan rings is 1. The van der Waals surface area contributed by atoms with E-state index in [2.05, 4.69) is 0 Å². The van der Waals surface area contributed by atoms with Crippen LogP contribution in [0.15, 0.2) is 76.0 Å². The van der Waals surface area contributed by atoms with Crippen LogP contribution in [0.25, 0.3) is 11.0 Å². The van der Waals surface area contributed by atoms with Crippen LogP contribution >= 0.6 is 0 Å². The number of carbonyl (C=O) groups excluding carboxylic acids is 2. The molecule has 0 unspecified atom stereocenters. The first-order chi connectivity index (χ1) is 17.7. The van der Waals surface area contributed by atoms with Crippen molar-refractivity contribution in [2.45, 2.75) is 18.7 Å². The fraction of sp³-hybridized carbons (Fsp3) is 0.185. The maximum absolute atomic E-state index is 14.1. The molecule has 1 amide bonds. The van der Waals surface area contributed by atoms with E-state index in [-0.39, 0.29) is 39.8 Å². The largest absolute Gasteiger partial charge is 0.496 e. The second-order valence-electron chi connectivity index (χ2n) is 7.86. The van der Waals surface area contributed by atoms with Crippen LogP contribution in [0, 0.1) is 6.92 Å². The zero-order valence-corrected chi connectivity index (χ0v) is 21.5. The lowest BCUT2D eigenvalue weighted by atomic mass is 10.1. The van der Waals surface area contributed by atoms with Gasteiger partial charge >= 0.3 is 5.97 Å². The van der Waals surface area contributed by atoms with E-state index in [1.807, 2.05) is 0 Å². The van der Waals surface area contributed by atoms with Crippen LogP contribution in [-0.4, -0.2) is 41.1 Å². The number of amides is 1. The molecular formula is C27H25NO8S. The third-order valence-electron chi connectivity index (χ3n) is 5.67. The van der Waals surface area contributed by atoms with Crippen molar-refractivity contribution >= 4 is 38.6 Å². The molecule has 0 spiro atoms. The van der Waals surface area contributed by atoms with Gasteiger partial charge in [0.25, 0.3) is 15.9 Å². The van der Waals surface area contributed by atoms with Crippen LogP contribution < -0.4 is 13.8 Å². The summed E-state index contributed by atoms with van der Waals surface area (Å²) in [7, 11) is -1.69. The van der Waals surface area contributed by atoms with Gasteiger partial charge in [-0.3, -0.25) is 4.79 Å². The number of esters is 1. The molecule has 0 bridgehead atoms. The number of sulfonamides is 1. The molecule has 37 heavy (non-hydrogen) atoms. The third kappa shape index (κ3) is 4.63. The van der Waals surface area contributed by atoms with Gasteiger partial charge in [0.05, 0.1) is 31.4 Å². The minimum Gasteiger partial charge on any atom is -0.496 e. The first-order valence-electron chi connectivity index (χ1n) is 11.3. The maximum atomic E-state index is 14.1. The highest BCUT2D eigenvalue weighted by Crippen LogP contribution is 2.36. The van der Waals surface area contributed by atoms with Gasteiger partial charge in [-0.1, -0.05) is 24.3 Å². The molecule has 4 rings (SSSR count). The van der Waals surface area contributed by atoms with E-state index in [1.54, 1.807) is 38.1 Å². The van der Waals surface area contributed by atoms with E-state index in [1.165, 1.54) is 56.7 Å². The van der Waals surface area contributed by atoms with Gasteiger partial charge in [0.2, 0.25) is 0 Å². The van der Waals surface area contributed by atoms with Crippen molar-refractivity contribution in [3.05, 3.63) is 83.6 Å². The number of fused-ring (bicyclic) bond motifs is 1. The highest BCUT2D eigenvalue weighted by molar-refractivity contribution is 7.93. The smallest absolute Gasteiger partial charge is 0.342 e. The minimum absolute atomic E-state index is 0.0133. The lowest BCUT2D eigenvalue weighted by molar-refractivity contribution is 0.0526. The van der Waals surface area contributed by atoms with Crippen LogP contribution in [0.3, 0.4) is 0 Å². The molecule has 0 aliphatic carbocycles. The molecule has 0 saturated carbocycles. The first kappa shape index (κ1) is 25.8. The standard InChI is InChI=1S/C27H25NO8S/c1-5-35-27(30)24-17(2)36-21-15-14-18(16-20(21)24)28(37(31,32)19-10-7-6-8-11-19)26(29)25-22(33-3)12-9-13-23(25)34-4/h6-16H,5H2,1-4H3. The van der Waals surface area contributed by atoms with E-state index in [0.717, 1.165) is 0 Å². The first-order valence-corrected chi connectivity index (χ1v) is 12.7. The lowest BCUT2D eigenvalue weighted by Crippen LogP contribution is -2.37. The van der Waals surface area contributed by atoms with Crippen molar-refractivity contribution in [2.75, 3.05) is 25.1 Å². The predicted molar refractivity (Wildman–Crippen MR) is 137 cm³/mol. The quantitative estimate of drug-likeness (QED) is 0.298. The molecule has 0 saturated heterocycles. The van der Waals surface area contributed by atoms with E-state index >= 15 is 0 Å². The molecule has 10 heteroatoms. The molecule has 0 radical (unpaired) electrons. The number of hydrogen-bond donors (Lipinski definition) is 0. The summed E-state index contributed by atoms with van der Waals surface area (Å²) in [6.07, 6.45) is 0. The third-order valence-corrected chi connectivity index (χ3v) is 7.39. The number of ether oxygens (including phenoxy) is 3. The fourth-order valence-corrected chi connectivity index (χ4v) is 5.43. The van der Waals surface area contributed by atoms with Gasteiger partial charge < -0.3 is 18.6 Å². The number of rotatable bonds is 8. The number of carbonyl (C=O) groups is 2. The summed E-state index contributed by atoms with van der Waals surface area (Å²) in [5.41, 5.74) is 0.392. The molecule has 0 fully saturated rings. The van der Waals surface area contributed by atoms with Gasteiger partial charge in [0.15, 0.2) is 0 Å². The molecule has 0 atom stereocenters. The van der Waals surface area contributed by atoms with Gasteiger partial charge in [-0.05, 0) is 56.3 Å². The molecule has 0 aliphatic rings. The topological polar surface area (TPSA) is 112 Å². The molecule has 0 N–H and O–H groups in total. The van der Waals surface area contributed by atoms with Crippen LogP contribution in [0.2, 0.25) is 0 Å². The predicted octanol–water partition coefficient (Wildman–Crippen LogP) is 4.97. The van der Waals surface area contributed by atoms with Crippen LogP contribution in [0.4, 0.5) is 5.69 Å². The fourth-order valence-electron chi connectivity index (χ4n) is 4.02. The second kappa shape index (κ2) is 10.4. The van der Waals surface area contributed by atoms with Crippen molar-refractivity contribution < 1.29 is 36.6 Å². The number of methoxy groups -OCH3 is 2. The van der Waals surface area contributed by atoms with Crippen molar-refractivity contribution in [2.24, 2.45) is 0 Å². The van der Waals surface area contributed by atoms with Gasteiger partial charge in [-0.15, -0.1) is 0 Å². The number of aryl methyl sites for hydroxylation is 1. The summed E-state index contributed by atoms with van der Waals surface area (Å²) < 4.78 is 50.1. The lowest BCUT2D eigenvalue weighted by Gasteiger charge is -2.24. The Morgan fingerprint density at radius 3 is 2.14 bits per heavy atom. The molecule has 3 aromatic carbocycles. The summed E-state index contributed by atoms with van der Waals surface area (Å²) in [4.78, 5) is 26.6. The maximum Gasteiger partial charge on any atom is 0.342 e. The van der Waals surface area contributed by atoms with E-state index < -0.39 is 21.9 Å².